The van der Waals surface area contributed by atoms with E-state index in [-0.39, 0.29) is 58.9 Å². The van der Waals surface area contributed by atoms with Crippen LogP contribution in [-0.2, 0) is 30.3 Å². The zero-order valence-electron chi connectivity index (χ0n) is 24.6. The zero-order chi connectivity index (χ0) is 33.0. The van der Waals surface area contributed by atoms with Gasteiger partial charge >= 0.3 is 0 Å². The second-order valence-corrected chi connectivity index (χ2v) is 11.5. The second kappa shape index (κ2) is 11.1. The molecule has 2 amide bonds. The monoisotopic (exact) mass is 640 g/mol. The zero-order valence-corrected chi connectivity index (χ0v) is 24.6. The van der Waals surface area contributed by atoms with Crippen molar-refractivity contribution >= 4 is 29.0 Å². The lowest BCUT2D eigenvalue weighted by Gasteiger charge is -2.36. The van der Waals surface area contributed by atoms with Gasteiger partial charge in [-0.25, -0.2) is 15.4 Å². The number of aromatic nitrogens is 2. The van der Waals surface area contributed by atoms with Gasteiger partial charge in [-0.2, -0.15) is 13.8 Å². The predicted molar refractivity (Wildman–Crippen MR) is 165 cm³/mol. The molecule has 0 saturated heterocycles. The molecular weight excluding hydrogens is 614 g/mol. The Morgan fingerprint density at radius 3 is 2.60 bits per heavy atom. The van der Waals surface area contributed by atoms with E-state index in [0.29, 0.717) is 17.8 Å². The first kappa shape index (κ1) is 29.7. The van der Waals surface area contributed by atoms with Crippen molar-refractivity contribution in [3.63, 3.8) is 0 Å². The van der Waals surface area contributed by atoms with Crippen molar-refractivity contribution in [1.82, 2.24) is 26.1 Å². The van der Waals surface area contributed by atoms with Gasteiger partial charge in [0.05, 0.1) is 12.6 Å². The predicted octanol–water partition coefficient (Wildman–Crippen LogP) is 1.87. The van der Waals surface area contributed by atoms with E-state index in [9.17, 15) is 28.0 Å². The average Bonchev–Trinajstić information content (AvgIpc) is 3.68. The Hall–Kier alpha value is -5.99. The highest BCUT2D eigenvalue weighted by Crippen LogP contribution is 2.39. The van der Waals surface area contributed by atoms with Crippen LogP contribution in [0.1, 0.15) is 66.8 Å². The molecule has 0 spiro atoms. The first-order chi connectivity index (χ1) is 22.5. The molecule has 1 aromatic heterocycles. The number of carbonyl (C=O) groups excluding carboxylic acids is 2. The molecule has 13 nitrogen and oxygen atoms in total. The van der Waals surface area contributed by atoms with Gasteiger partial charge in [0, 0.05) is 30.3 Å². The molecule has 0 bridgehead atoms. The number of rotatable bonds is 7. The third kappa shape index (κ3) is 5.34. The van der Waals surface area contributed by atoms with Crippen LogP contribution in [0.2, 0.25) is 0 Å². The third-order valence-corrected chi connectivity index (χ3v) is 8.44. The van der Waals surface area contributed by atoms with E-state index < -0.39 is 35.1 Å². The largest absolute Gasteiger partial charge is 0.394 e. The molecule has 47 heavy (non-hydrogen) atoms. The van der Waals surface area contributed by atoms with Crippen LogP contribution in [0.4, 0.5) is 20.2 Å². The summed E-state index contributed by atoms with van der Waals surface area (Å²) in [6, 6.07) is 11.1. The molecule has 5 N–H and O–H groups in total. The number of carbonyl (C=O) groups is 2. The second-order valence-electron chi connectivity index (χ2n) is 11.5. The number of alkyl halides is 2. The minimum absolute atomic E-state index is 0.00379. The number of aryl methyl sites for hydroxylation is 1. The Bertz CT molecular complexity index is 2110. The first-order valence-corrected chi connectivity index (χ1v) is 14.6. The van der Waals surface area contributed by atoms with E-state index >= 15 is 0 Å². The molecule has 2 aliphatic heterocycles. The van der Waals surface area contributed by atoms with Gasteiger partial charge in [0.2, 0.25) is 5.88 Å². The van der Waals surface area contributed by atoms with E-state index in [1.165, 1.54) is 24.3 Å². The summed E-state index contributed by atoms with van der Waals surface area (Å²) in [6.45, 7) is 2.77. The summed E-state index contributed by atoms with van der Waals surface area (Å²) < 4.78 is 29.9. The van der Waals surface area contributed by atoms with Gasteiger partial charge in [-0.15, -0.1) is 0 Å². The van der Waals surface area contributed by atoms with E-state index in [0.717, 1.165) is 34.3 Å². The molecule has 0 unspecified atom stereocenters. The Morgan fingerprint density at radius 2 is 1.85 bits per heavy atom. The van der Waals surface area contributed by atoms with Crippen molar-refractivity contribution in [3.8, 4) is 0 Å². The maximum absolute atomic E-state index is 14.9. The summed E-state index contributed by atoms with van der Waals surface area (Å²) in [5.41, 5.74) is 9.37. The standard InChI is InChI=1S/C32H26F2N8O5/c1-15-39-29(41-47-15)18-3-5-20-17(9-18)4-7-22(20)40-31(46)24-10-23(37-14-38-24)30(45)36-11-16-2-6-21-19(8-16)12-42(13-32(21,33)34)26-25(35)27(43)28(26)44/h2-3,5-6,8-10,14,22H,1,4,7,11-13,35H2,(H,36,45)(H,39,41)(H,40,46)/t22-/m0/s1. The lowest BCUT2D eigenvalue weighted by atomic mass is 9.93. The lowest BCUT2D eigenvalue weighted by molar-refractivity contribution is -0.00253. The Kier molecular flexibility index (Phi) is 7.03. The summed E-state index contributed by atoms with van der Waals surface area (Å²) in [7, 11) is 0. The van der Waals surface area contributed by atoms with Crippen molar-refractivity contribution in [2.24, 2.45) is 4.99 Å². The quantitative estimate of drug-likeness (QED) is 0.218. The van der Waals surface area contributed by atoms with Gasteiger partial charge in [-0.3, -0.25) is 19.2 Å². The number of nitrogens with two attached hydrogens (primary N) is 1. The molecule has 0 saturated carbocycles. The number of nitrogens with one attached hydrogen (secondary N) is 3. The van der Waals surface area contributed by atoms with Crippen molar-refractivity contribution in [3.05, 3.63) is 126 Å². The van der Waals surface area contributed by atoms with Crippen molar-refractivity contribution < 1.29 is 23.2 Å². The Morgan fingerprint density at radius 1 is 1.06 bits per heavy atom. The molecule has 1 aliphatic carbocycles. The molecule has 238 valence electrons. The molecule has 0 fully saturated rings. The summed E-state index contributed by atoms with van der Waals surface area (Å²) in [6.07, 6.45) is 2.53. The molecule has 7 rings (SSSR count). The summed E-state index contributed by atoms with van der Waals surface area (Å²) in [5.74, 6) is -3.54. The van der Waals surface area contributed by atoms with E-state index in [1.54, 1.807) is 0 Å². The Labute approximate surface area is 264 Å². The number of amidine groups is 1. The molecule has 4 aromatic rings. The SMILES string of the molecule is C=C1N=C(c2ccc3c(c2)CC[C@@H]3NC(=O)c2cc(C(=O)NCc3ccc4c(c3)CN(c3c(N)c(=O)c3=O)CC4(F)F)ncn2)NO1. The van der Waals surface area contributed by atoms with Crippen molar-refractivity contribution in [1.29, 1.82) is 0 Å². The fourth-order valence-electron chi connectivity index (χ4n) is 6.13. The highest BCUT2D eigenvalue weighted by atomic mass is 19.3. The van der Waals surface area contributed by atoms with Gasteiger partial charge in [0.25, 0.3) is 28.6 Å². The fraction of sp³-hybridized carbons (Fsp3) is 0.219. The van der Waals surface area contributed by atoms with E-state index in [2.05, 4.69) is 37.7 Å². The fourth-order valence-corrected chi connectivity index (χ4v) is 6.13. The maximum atomic E-state index is 14.9. The van der Waals surface area contributed by atoms with Gasteiger partial charge in [-0.1, -0.05) is 30.3 Å². The van der Waals surface area contributed by atoms with E-state index in [1.807, 2.05) is 18.2 Å². The summed E-state index contributed by atoms with van der Waals surface area (Å²) in [4.78, 5) is 68.0. The molecule has 0 radical (unpaired) electrons. The number of hydrogen-bond donors (Lipinski definition) is 4. The number of hydroxylamine groups is 1. The number of benzene rings is 2. The number of amides is 2. The number of anilines is 2. The van der Waals surface area contributed by atoms with Crippen LogP contribution < -0.4 is 37.6 Å². The van der Waals surface area contributed by atoms with Crippen LogP contribution in [0.25, 0.3) is 0 Å². The maximum Gasteiger partial charge on any atom is 0.290 e. The Balaban J connectivity index is 1.00. The molecular formula is C32H26F2N8O5. The lowest BCUT2D eigenvalue weighted by Crippen LogP contribution is -2.48. The van der Waals surface area contributed by atoms with Gasteiger partial charge in [-0.05, 0) is 47.7 Å². The average molecular weight is 641 g/mol. The van der Waals surface area contributed by atoms with Crippen molar-refractivity contribution in [2.75, 3.05) is 17.2 Å². The number of nitrogens with zero attached hydrogens (tertiary/aromatic N) is 4. The number of hydrogen-bond acceptors (Lipinski definition) is 11. The van der Waals surface area contributed by atoms with Crippen LogP contribution in [0, 0.1) is 0 Å². The molecule has 1 atom stereocenters. The normalized spacial score (nSPS) is 17.7. The third-order valence-electron chi connectivity index (χ3n) is 8.44. The number of halogens is 2. The summed E-state index contributed by atoms with van der Waals surface area (Å²) >= 11 is 0. The number of aliphatic imine (C=N–C) groups is 1. The van der Waals surface area contributed by atoms with Crippen LogP contribution in [0.15, 0.2) is 75.8 Å². The van der Waals surface area contributed by atoms with Gasteiger partial charge < -0.3 is 26.1 Å². The minimum Gasteiger partial charge on any atom is -0.394 e. The van der Waals surface area contributed by atoms with Crippen LogP contribution in [-0.4, -0.2) is 34.2 Å². The van der Waals surface area contributed by atoms with Gasteiger partial charge in [0.1, 0.15) is 29.1 Å². The number of fused-ring (bicyclic) bond motifs is 2. The van der Waals surface area contributed by atoms with Crippen LogP contribution in [0.5, 0.6) is 0 Å². The van der Waals surface area contributed by atoms with Crippen LogP contribution in [0.3, 0.4) is 0 Å². The first-order valence-electron chi connectivity index (χ1n) is 14.6. The molecule has 3 heterocycles. The van der Waals surface area contributed by atoms with Crippen molar-refractivity contribution in [2.45, 2.75) is 37.9 Å². The van der Waals surface area contributed by atoms with Gasteiger partial charge in [0.15, 0.2) is 5.84 Å². The molecule has 3 aromatic carbocycles. The minimum atomic E-state index is -3.29. The molecule has 3 aliphatic rings. The van der Waals surface area contributed by atoms with E-state index in [4.69, 9.17) is 10.6 Å². The topological polar surface area (TPSA) is 181 Å². The summed E-state index contributed by atoms with van der Waals surface area (Å²) in [5, 5.41) is 5.66. The number of nitrogen functional groups attached to an aromatic ring is 1. The highest BCUT2D eigenvalue weighted by molar-refractivity contribution is 6.00. The van der Waals surface area contributed by atoms with Crippen LogP contribution >= 0.6 is 0 Å². The highest BCUT2D eigenvalue weighted by Gasteiger charge is 2.42. The molecule has 15 heteroatoms. The smallest absolute Gasteiger partial charge is 0.290 e.